The van der Waals surface area contributed by atoms with Crippen molar-refractivity contribution >= 4 is 57.1 Å². The molecule has 1 saturated heterocycles. The van der Waals surface area contributed by atoms with Gasteiger partial charge in [-0.05, 0) is 67.4 Å². The molecule has 0 bridgehead atoms. The predicted molar refractivity (Wildman–Crippen MR) is 140 cm³/mol. The Labute approximate surface area is 216 Å². The van der Waals surface area contributed by atoms with Crippen molar-refractivity contribution < 1.29 is 23.9 Å². The molecule has 36 heavy (non-hydrogen) atoms. The molecule has 3 aromatic carbocycles. The van der Waals surface area contributed by atoms with Crippen molar-refractivity contribution in [3.8, 4) is 5.75 Å². The minimum atomic E-state index is -0.831. The standard InChI is InChI=1S/C27H22BrN3O5/c1-16-7-6-10-22(17(16)2)29-24(32)15-36-23-12-11-19(28)13-18(23)14-21-25(33)30-27(35)31(26(21)34)20-8-4-3-5-9-20/h3-14H,15H2,1-2H3,(H,29,32)(H,30,33,35)/b21-14-. The van der Waals surface area contributed by atoms with Gasteiger partial charge in [0, 0.05) is 15.7 Å². The van der Waals surface area contributed by atoms with Gasteiger partial charge in [0.25, 0.3) is 17.7 Å². The van der Waals surface area contributed by atoms with E-state index in [-0.39, 0.29) is 23.8 Å². The van der Waals surface area contributed by atoms with E-state index in [1.165, 1.54) is 6.08 Å². The van der Waals surface area contributed by atoms with Crippen LogP contribution in [-0.4, -0.2) is 30.4 Å². The summed E-state index contributed by atoms with van der Waals surface area (Å²) in [4.78, 5) is 51.5. The maximum atomic E-state index is 13.1. The SMILES string of the molecule is Cc1cccc(NC(=O)COc2ccc(Br)cc2/C=C2/C(=O)NC(=O)N(c3ccccc3)C2=O)c1C. The van der Waals surface area contributed by atoms with Crippen LogP contribution in [0.4, 0.5) is 16.2 Å². The Morgan fingerprint density at radius 2 is 1.78 bits per heavy atom. The van der Waals surface area contributed by atoms with Crippen molar-refractivity contribution in [1.29, 1.82) is 0 Å². The smallest absolute Gasteiger partial charge is 0.335 e. The third-order valence-corrected chi connectivity index (χ3v) is 6.12. The van der Waals surface area contributed by atoms with Crippen LogP contribution in [0.1, 0.15) is 16.7 Å². The van der Waals surface area contributed by atoms with Gasteiger partial charge in [0.05, 0.1) is 5.69 Å². The van der Waals surface area contributed by atoms with Crippen LogP contribution in [-0.2, 0) is 14.4 Å². The van der Waals surface area contributed by atoms with Gasteiger partial charge in [-0.1, -0.05) is 46.3 Å². The van der Waals surface area contributed by atoms with Crippen molar-refractivity contribution in [3.05, 3.63) is 93.5 Å². The number of anilines is 2. The number of hydrogen-bond acceptors (Lipinski definition) is 5. The quantitative estimate of drug-likeness (QED) is 0.342. The number of para-hydroxylation sites is 1. The largest absolute Gasteiger partial charge is 0.483 e. The summed E-state index contributed by atoms with van der Waals surface area (Å²) >= 11 is 3.37. The maximum Gasteiger partial charge on any atom is 0.335 e. The molecular weight excluding hydrogens is 526 g/mol. The number of rotatable bonds is 6. The lowest BCUT2D eigenvalue weighted by Gasteiger charge is -2.26. The second-order valence-corrected chi connectivity index (χ2v) is 8.98. The van der Waals surface area contributed by atoms with Gasteiger partial charge in [-0.3, -0.25) is 19.7 Å². The molecule has 5 amide bonds. The fourth-order valence-electron chi connectivity index (χ4n) is 3.60. The molecule has 0 spiro atoms. The molecular formula is C27H22BrN3O5. The second kappa shape index (κ2) is 10.6. The minimum absolute atomic E-state index is 0.249. The van der Waals surface area contributed by atoms with Crippen molar-refractivity contribution in [2.24, 2.45) is 0 Å². The highest BCUT2D eigenvalue weighted by Gasteiger charge is 2.36. The van der Waals surface area contributed by atoms with Gasteiger partial charge in [-0.2, -0.15) is 0 Å². The summed E-state index contributed by atoms with van der Waals surface area (Å²) in [7, 11) is 0. The molecule has 0 atom stereocenters. The lowest BCUT2D eigenvalue weighted by atomic mass is 10.1. The van der Waals surface area contributed by atoms with Crippen molar-refractivity contribution in [1.82, 2.24) is 5.32 Å². The molecule has 0 aromatic heterocycles. The van der Waals surface area contributed by atoms with Crippen LogP contribution in [0.2, 0.25) is 0 Å². The number of amides is 5. The molecule has 9 heteroatoms. The number of ether oxygens (including phenoxy) is 1. The summed E-state index contributed by atoms with van der Waals surface area (Å²) < 4.78 is 6.41. The molecule has 1 aliphatic heterocycles. The number of carbonyl (C=O) groups excluding carboxylic acids is 4. The molecule has 0 saturated carbocycles. The molecule has 4 rings (SSSR count). The highest BCUT2D eigenvalue weighted by molar-refractivity contribution is 9.10. The highest BCUT2D eigenvalue weighted by atomic mass is 79.9. The number of halogens is 1. The van der Waals surface area contributed by atoms with E-state index >= 15 is 0 Å². The number of aryl methyl sites for hydroxylation is 1. The van der Waals surface area contributed by atoms with Crippen molar-refractivity contribution in [2.75, 3.05) is 16.8 Å². The van der Waals surface area contributed by atoms with Gasteiger partial charge in [-0.25, -0.2) is 9.69 Å². The summed E-state index contributed by atoms with van der Waals surface area (Å²) in [6.07, 6.45) is 1.34. The zero-order chi connectivity index (χ0) is 25.8. The number of imide groups is 2. The molecule has 2 N–H and O–H groups in total. The molecule has 0 aliphatic carbocycles. The van der Waals surface area contributed by atoms with E-state index in [1.54, 1.807) is 48.5 Å². The number of benzene rings is 3. The molecule has 0 radical (unpaired) electrons. The predicted octanol–water partition coefficient (Wildman–Crippen LogP) is 4.75. The zero-order valence-corrected chi connectivity index (χ0v) is 21.1. The van der Waals surface area contributed by atoms with Crippen molar-refractivity contribution in [2.45, 2.75) is 13.8 Å². The summed E-state index contributed by atoms with van der Waals surface area (Å²) in [5.74, 6) is -1.67. The van der Waals surface area contributed by atoms with E-state index < -0.39 is 17.8 Å². The molecule has 182 valence electrons. The van der Waals surface area contributed by atoms with Gasteiger partial charge in [0.2, 0.25) is 0 Å². The van der Waals surface area contributed by atoms with Crippen LogP contribution in [0.5, 0.6) is 5.75 Å². The molecule has 1 heterocycles. The first-order chi connectivity index (χ1) is 17.2. The third kappa shape index (κ3) is 5.36. The average Bonchev–Trinajstić information content (AvgIpc) is 2.84. The van der Waals surface area contributed by atoms with E-state index in [0.717, 1.165) is 16.0 Å². The van der Waals surface area contributed by atoms with Crippen LogP contribution < -0.4 is 20.3 Å². The van der Waals surface area contributed by atoms with Gasteiger partial charge in [0.1, 0.15) is 11.3 Å². The number of urea groups is 1. The Bertz CT molecular complexity index is 1400. The first-order valence-corrected chi connectivity index (χ1v) is 11.8. The van der Waals surface area contributed by atoms with Crippen LogP contribution in [0, 0.1) is 13.8 Å². The minimum Gasteiger partial charge on any atom is -0.483 e. The Balaban J connectivity index is 1.58. The maximum absolute atomic E-state index is 13.1. The lowest BCUT2D eigenvalue weighted by Crippen LogP contribution is -2.54. The van der Waals surface area contributed by atoms with E-state index in [0.29, 0.717) is 21.4 Å². The van der Waals surface area contributed by atoms with Crippen LogP contribution in [0.25, 0.3) is 6.08 Å². The van der Waals surface area contributed by atoms with E-state index in [1.807, 2.05) is 32.0 Å². The average molecular weight is 548 g/mol. The Hall–Kier alpha value is -4.24. The van der Waals surface area contributed by atoms with E-state index in [9.17, 15) is 19.2 Å². The summed E-state index contributed by atoms with van der Waals surface area (Å²) in [6, 6.07) is 18.1. The van der Waals surface area contributed by atoms with Crippen molar-refractivity contribution in [3.63, 3.8) is 0 Å². The first-order valence-electron chi connectivity index (χ1n) is 11.0. The Morgan fingerprint density at radius 1 is 1.03 bits per heavy atom. The molecule has 0 unspecified atom stereocenters. The zero-order valence-electron chi connectivity index (χ0n) is 19.5. The topological polar surface area (TPSA) is 105 Å². The van der Waals surface area contributed by atoms with Crippen LogP contribution >= 0.6 is 15.9 Å². The van der Waals surface area contributed by atoms with Gasteiger partial charge >= 0.3 is 6.03 Å². The number of nitrogens with one attached hydrogen (secondary N) is 2. The number of hydrogen-bond donors (Lipinski definition) is 2. The van der Waals surface area contributed by atoms with E-state index in [4.69, 9.17) is 4.74 Å². The summed E-state index contributed by atoms with van der Waals surface area (Å²) in [5.41, 5.74) is 3.16. The Kier molecular flexibility index (Phi) is 7.30. The van der Waals surface area contributed by atoms with Gasteiger partial charge < -0.3 is 10.1 Å². The number of nitrogens with zero attached hydrogens (tertiary/aromatic N) is 1. The second-order valence-electron chi connectivity index (χ2n) is 8.06. The first kappa shape index (κ1) is 24.9. The summed E-state index contributed by atoms with van der Waals surface area (Å²) in [5, 5.41) is 5.02. The molecule has 3 aromatic rings. The molecule has 1 aliphatic rings. The third-order valence-electron chi connectivity index (χ3n) is 5.63. The fraction of sp³-hybridized carbons (Fsp3) is 0.111. The number of carbonyl (C=O) groups is 4. The fourth-order valence-corrected chi connectivity index (χ4v) is 3.98. The monoisotopic (exact) mass is 547 g/mol. The molecule has 1 fully saturated rings. The highest BCUT2D eigenvalue weighted by Crippen LogP contribution is 2.28. The molecule has 8 nitrogen and oxygen atoms in total. The van der Waals surface area contributed by atoms with E-state index in [2.05, 4.69) is 26.6 Å². The van der Waals surface area contributed by atoms with Crippen LogP contribution in [0.15, 0.2) is 76.8 Å². The lowest BCUT2D eigenvalue weighted by molar-refractivity contribution is -0.122. The number of barbiturate groups is 1. The van der Waals surface area contributed by atoms with Crippen LogP contribution in [0.3, 0.4) is 0 Å². The Morgan fingerprint density at radius 3 is 2.53 bits per heavy atom. The summed E-state index contributed by atoms with van der Waals surface area (Å²) in [6.45, 7) is 3.58. The normalized spacial score (nSPS) is 14.6. The van der Waals surface area contributed by atoms with Gasteiger partial charge in [0.15, 0.2) is 6.61 Å². The van der Waals surface area contributed by atoms with Gasteiger partial charge in [-0.15, -0.1) is 0 Å².